The number of phenols is 1. The number of likely N-dealkylation sites (tertiary alicyclic amines) is 1. The lowest BCUT2D eigenvalue weighted by atomic mass is 10.1. The van der Waals surface area contributed by atoms with Crippen molar-refractivity contribution in [2.45, 2.75) is 25.7 Å². The lowest BCUT2D eigenvalue weighted by Crippen LogP contribution is -2.27. The number of ether oxygens (including phenoxy) is 2. The van der Waals surface area contributed by atoms with Crippen molar-refractivity contribution in [3.8, 4) is 5.75 Å². The minimum absolute atomic E-state index is 0.00161. The topological polar surface area (TPSA) is 59.0 Å². The molecule has 1 aliphatic heterocycles. The molecule has 0 radical (unpaired) electrons. The Kier molecular flexibility index (Phi) is 5.22. The van der Waals surface area contributed by atoms with Gasteiger partial charge >= 0.3 is 0 Å². The van der Waals surface area contributed by atoms with Crippen LogP contribution in [0, 0.1) is 0 Å². The molecule has 1 saturated heterocycles. The summed E-state index contributed by atoms with van der Waals surface area (Å²) in [6.45, 7) is 3.31. The molecule has 1 N–H and O–H groups in total. The van der Waals surface area contributed by atoms with E-state index in [1.807, 2.05) is 0 Å². The summed E-state index contributed by atoms with van der Waals surface area (Å²) in [5.41, 5.74) is 0.891. The van der Waals surface area contributed by atoms with Crippen molar-refractivity contribution < 1.29 is 19.4 Å². The third kappa shape index (κ3) is 3.55. The van der Waals surface area contributed by atoms with E-state index in [4.69, 9.17) is 21.1 Å². The minimum Gasteiger partial charge on any atom is -0.507 e. The van der Waals surface area contributed by atoms with Gasteiger partial charge in [0.15, 0.2) is 5.78 Å². The Balaban J connectivity index is 2.19. The second kappa shape index (κ2) is 6.75. The molecule has 0 aliphatic carbocycles. The molecule has 0 aromatic heterocycles. The molecule has 0 spiro atoms. The number of carbonyl (C=O) groups excluding carboxylic acids is 1. The van der Waals surface area contributed by atoms with Crippen LogP contribution in [0.3, 0.4) is 0 Å². The fraction of sp³-hybridized carbons (Fsp3) is 0.533. The summed E-state index contributed by atoms with van der Waals surface area (Å²) in [5.74, 6) is -0.205. The van der Waals surface area contributed by atoms with E-state index >= 15 is 0 Å². The van der Waals surface area contributed by atoms with Crippen LogP contribution in [0.4, 0.5) is 0 Å². The lowest BCUT2D eigenvalue weighted by Gasteiger charge is -2.17. The fourth-order valence-electron chi connectivity index (χ4n) is 2.69. The number of ketones is 1. The Hall–Kier alpha value is -1.14. The number of benzene rings is 1. The van der Waals surface area contributed by atoms with Gasteiger partial charge < -0.3 is 14.6 Å². The van der Waals surface area contributed by atoms with Crippen molar-refractivity contribution in [3.05, 3.63) is 28.3 Å². The van der Waals surface area contributed by atoms with E-state index in [0.717, 1.165) is 0 Å². The average Bonchev–Trinajstić information content (AvgIpc) is 2.84. The highest BCUT2D eigenvalue weighted by atomic mass is 35.5. The molecule has 0 saturated carbocycles. The van der Waals surface area contributed by atoms with Crippen LogP contribution in [0.25, 0.3) is 0 Å². The average molecular weight is 314 g/mol. The van der Waals surface area contributed by atoms with Crippen molar-refractivity contribution in [2.75, 3.05) is 27.3 Å². The van der Waals surface area contributed by atoms with E-state index < -0.39 is 0 Å². The summed E-state index contributed by atoms with van der Waals surface area (Å²) < 4.78 is 10.8. The number of nitrogens with zero attached hydrogens (tertiary/aromatic N) is 1. The number of phenolic OH excluding ortho intramolecular Hbond substituents is 1. The molecule has 5 nitrogen and oxygen atoms in total. The van der Waals surface area contributed by atoms with E-state index in [0.29, 0.717) is 30.2 Å². The third-order valence-electron chi connectivity index (χ3n) is 3.82. The maximum atomic E-state index is 11.5. The molecule has 21 heavy (non-hydrogen) atoms. The number of rotatable bonds is 5. The summed E-state index contributed by atoms with van der Waals surface area (Å²) >= 11 is 6.03. The molecule has 6 heteroatoms. The molecule has 1 fully saturated rings. The summed E-state index contributed by atoms with van der Waals surface area (Å²) in [4.78, 5) is 13.6. The van der Waals surface area contributed by atoms with Crippen LogP contribution in [-0.2, 0) is 16.0 Å². The van der Waals surface area contributed by atoms with Crippen LogP contribution in [0.5, 0.6) is 5.75 Å². The number of aromatic hydroxyl groups is 1. The number of methoxy groups -OCH3 is 2. The van der Waals surface area contributed by atoms with Gasteiger partial charge in [0.05, 0.1) is 17.8 Å². The molecule has 1 aromatic carbocycles. The van der Waals surface area contributed by atoms with Crippen LogP contribution in [0.15, 0.2) is 12.1 Å². The van der Waals surface area contributed by atoms with Crippen LogP contribution >= 0.6 is 11.6 Å². The Morgan fingerprint density at radius 2 is 1.90 bits per heavy atom. The number of carbonyl (C=O) groups is 1. The van der Waals surface area contributed by atoms with Gasteiger partial charge in [-0.2, -0.15) is 0 Å². The third-order valence-corrected chi connectivity index (χ3v) is 4.04. The predicted molar refractivity (Wildman–Crippen MR) is 80.0 cm³/mol. The molecule has 1 aliphatic rings. The minimum atomic E-state index is -0.206. The molecule has 0 amide bonds. The SMILES string of the molecule is COC1CN(Cc2cc(Cl)cc(C(C)=O)c2O)CC1OC. The van der Waals surface area contributed by atoms with Crippen LogP contribution < -0.4 is 0 Å². The Labute approximate surface area is 129 Å². The van der Waals surface area contributed by atoms with Gasteiger partial charge in [0.1, 0.15) is 5.75 Å². The second-order valence-corrected chi connectivity index (χ2v) is 5.70. The number of halogens is 1. The molecule has 2 atom stereocenters. The zero-order valence-electron chi connectivity index (χ0n) is 12.4. The van der Waals surface area contributed by atoms with Crippen molar-refractivity contribution in [1.29, 1.82) is 0 Å². The zero-order valence-corrected chi connectivity index (χ0v) is 13.2. The predicted octanol–water partition coefficient (Wildman–Crippen LogP) is 2.09. The maximum Gasteiger partial charge on any atom is 0.163 e. The van der Waals surface area contributed by atoms with Gasteiger partial charge in [-0.15, -0.1) is 0 Å². The Morgan fingerprint density at radius 1 is 1.33 bits per heavy atom. The van der Waals surface area contributed by atoms with Crippen molar-refractivity contribution in [1.82, 2.24) is 4.90 Å². The van der Waals surface area contributed by atoms with Crippen LogP contribution in [0.2, 0.25) is 5.02 Å². The first kappa shape index (κ1) is 16.2. The molecule has 2 rings (SSSR count). The fourth-order valence-corrected chi connectivity index (χ4v) is 2.93. The maximum absolute atomic E-state index is 11.5. The molecule has 116 valence electrons. The summed E-state index contributed by atoms with van der Waals surface area (Å²) in [7, 11) is 3.32. The summed E-state index contributed by atoms with van der Waals surface area (Å²) in [6.07, 6.45) is 0.00668. The van der Waals surface area contributed by atoms with Crippen LogP contribution in [0.1, 0.15) is 22.8 Å². The lowest BCUT2D eigenvalue weighted by molar-refractivity contribution is -0.00461. The smallest absolute Gasteiger partial charge is 0.163 e. The van der Waals surface area contributed by atoms with Gasteiger partial charge in [-0.25, -0.2) is 0 Å². The molecule has 1 heterocycles. The summed E-state index contributed by atoms with van der Waals surface area (Å²) in [6, 6.07) is 3.17. The zero-order chi connectivity index (χ0) is 15.6. The van der Waals surface area contributed by atoms with E-state index in [1.165, 1.54) is 13.0 Å². The number of Topliss-reactive ketones (excluding diaryl/α,β-unsaturated/α-hetero) is 1. The van der Waals surface area contributed by atoms with Gasteiger partial charge in [-0.3, -0.25) is 9.69 Å². The van der Waals surface area contributed by atoms with Crippen molar-refractivity contribution in [2.24, 2.45) is 0 Å². The van der Waals surface area contributed by atoms with Gasteiger partial charge in [0, 0.05) is 44.4 Å². The first-order valence-electron chi connectivity index (χ1n) is 6.76. The van der Waals surface area contributed by atoms with Crippen molar-refractivity contribution >= 4 is 17.4 Å². The highest BCUT2D eigenvalue weighted by Gasteiger charge is 2.33. The molecule has 2 unspecified atom stereocenters. The number of hydrogen-bond donors (Lipinski definition) is 1. The van der Waals surface area contributed by atoms with E-state index in [2.05, 4.69) is 4.90 Å². The molecular formula is C15H20ClNO4. The van der Waals surface area contributed by atoms with Gasteiger partial charge in [-0.05, 0) is 19.1 Å². The van der Waals surface area contributed by atoms with E-state index in [1.54, 1.807) is 20.3 Å². The van der Waals surface area contributed by atoms with Gasteiger partial charge in [-0.1, -0.05) is 11.6 Å². The summed E-state index contributed by atoms with van der Waals surface area (Å²) in [5, 5.41) is 10.7. The van der Waals surface area contributed by atoms with E-state index in [9.17, 15) is 9.90 Å². The monoisotopic (exact) mass is 313 g/mol. The Morgan fingerprint density at radius 3 is 2.38 bits per heavy atom. The second-order valence-electron chi connectivity index (χ2n) is 5.26. The van der Waals surface area contributed by atoms with Gasteiger partial charge in [0.25, 0.3) is 0 Å². The highest BCUT2D eigenvalue weighted by Crippen LogP contribution is 2.30. The standard InChI is InChI=1S/C15H20ClNO4/c1-9(18)12-5-11(16)4-10(15(12)19)6-17-7-13(20-2)14(8-17)21-3/h4-5,13-14,19H,6-8H2,1-3H3. The largest absolute Gasteiger partial charge is 0.507 e. The first-order chi connectivity index (χ1) is 9.96. The first-order valence-corrected chi connectivity index (χ1v) is 7.14. The van der Waals surface area contributed by atoms with Gasteiger partial charge in [0.2, 0.25) is 0 Å². The molecule has 1 aromatic rings. The number of hydrogen-bond acceptors (Lipinski definition) is 5. The van der Waals surface area contributed by atoms with Crippen LogP contribution in [-0.4, -0.2) is 55.3 Å². The Bertz CT molecular complexity index is 523. The normalized spacial score (nSPS) is 22.7. The van der Waals surface area contributed by atoms with E-state index in [-0.39, 0.29) is 29.3 Å². The highest BCUT2D eigenvalue weighted by molar-refractivity contribution is 6.31. The van der Waals surface area contributed by atoms with Crippen molar-refractivity contribution in [3.63, 3.8) is 0 Å². The quantitative estimate of drug-likeness (QED) is 0.844. The molecule has 0 bridgehead atoms. The molecular weight excluding hydrogens is 294 g/mol.